The van der Waals surface area contributed by atoms with Crippen LogP contribution in [0.3, 0.4) is 0 Å². The zero-order valence-electron chi connectivity index (χ0n) is 15.1. The number of aliphatic hydroxyl groups is 1. The first kappa shape index (κ1) is 18.4. The van der Waals surface area contributed by atoms with E-state index in [2.05, 4.69) is 9.97 Å². The molecule has 144 valence electrons. The van der Waals surface area contributed by atoms with Gasteiger partial charge in [0.15, 0.2) is 11.6 Å². The lowest BCUT2D eigenvalue weighted by Crippen LogP contribution is -2.46. The number of carbonyl (C=O) groups is 2. The Hall–Kier alpha value is -2.99. The molecule has 1 amide bonds. The van der Waals surface area contributed by atoms with Gasteiger partial charge in [0.25, 0.3) is 0 Å². The highest BCUT2D eigenvalue weighted by Crippen LogP contribution is 2.47. The summed E-state index contributed by atoms with van der Waals surface area (Å²) in [6.45, 7) is 1.49. The zero-order valence-corrected chi connectivity index (χ0v) is 16.0. The zero-order chi connectivity index (χ0) is 19.9. The van der Waals surface area contributed by atoms with Crippen molar-refractivity contribution in [3.05, 3.63) is 35.8 Å². The smallest absolute Gasteiger partial charge is 0.330 e. The second kappa shape index (κ2) is 6.87. The molecule has 4 rings (SSSR count). The number of nitriles is 1. The average Bonchev–Trinajstić information content (AvgIpc) is 3.33. The average molecular weight is 398 g/mol. The molecule has 0 aliphatic carbocycles. The predicted molar refractivity (Wildman–Crippen MR) is 103 cm³/mol. The highest BCUT2D eigenvalue weighted by atomic mass is 32.2. The number of hydrogen-bond donors (Lipinski definition) is 2. The van der Waals surface area contributed by atoms with Crippen molar-refractivity contribution in [1.29, 1.82) is 5.26 Å². The summed E-state index contributed by atoms with van der Waals surface area (Å²) in [4.78, 5) is 33.1. The van der Waals surface area contributed by atoms with Crippen molar-refractivity contribution in [2.75, 3.05) is 12.4 Å². The number of aromatic nitrogens is 2. The van der Waals surface area contributed by atoms with E-state index in [-0.39, 0.29) is 22.2 Å². The molecular weight excluding hydrogens is 380 g/mol. The number of amides is 1. The minimum atomic E-state index is -0.672. The fourth-order valence-corrected chi connectivity index (χ4v) is 5.05. The van der Waals surface area contributed by atoms with Crippen LogP contribution in [0.4, 0.5) is 0 Å². The molecule has 1 aromatic heterocycles. The van der Waals surface area contributed by atoms with Crippen molar-refractivity contribution in [1.82, 2.24) is 14.9 Å². The van der Waals surface area contributed by atoms with Crippen molar-refractivity contribution in [2.24, 2.45) is 0 Å². The van der Waals surface area contributed by atoms with E-state index in [9.17, 15) is 20.0 Å². The first-order valence-corrected chi connectivity index (χ1v) is 9.81. The van der Waals surface area contributed by atoms with Crippen molar-refractivity contribution in [2.45, 2.75) is 30.7 Å². The Morgan fingerprint density at radius 2 is 2.32 bits per heavy atom. The Morgan fingerprint density at radius 3 is 3.07 bits per heavy atom. The number of aromatic amines is 1. The van der Waals surface area contributed by atoms with E-state index >= 15 is 0 Å². The maximum Gasteiger partial charge on any atom is 0.330 e. The normalized spacial score (nSPS) is 24.8. The Balaban J connectivity index is 1.49. The van der Waals surface area contributed by atoms with Crippen LogP contribution in [0, 0.1) is 11.3 Å². The van der Waals surface area contributed by atoms with Crippen LogP contribution in [0.15, 0.2) is 30.0 Å². The number of allylic oxidation sites excluding steroid dienone is 1. The van der Waals surface area contributed by atoms with Crippen LogP contribution in [-0.2, 0) is 14.3 Å². The van der Waals surface area contributed by atoms with Gasteiger partial charge >= 0.3 is 5.97 Å². The van der Waals surface area contributed by atoms with E-state index in [0.717, 1.165) is 5.52 Å². The van der Waals surface area contributed by atoms with Crippen molar-refractivity contribution < 1.29 is 19.4 Å². The third kappa shape index (κ3) is 2.99. The quantitative estimate of drug-likeness (QED) is 0.461. The van der Waals surface area contributed by atoms with Gasteiger partial charge in [0, 0.05) is 12.2 Å². The van der Waals surface area contributed by atoms with Gasteiger partial charge in [0.1, 0.15) is 24.3 Å². The summed E-state index contributed by atoms with van der Waals surface area (Å²) < 4.78 is 5.22. The Labute approximate surface area is 165 Å². The number of benzene rings is 1. The highest BCUT2D eigenvalue weighted by molar-refractivity contribution is 8.01. The number of imidazole rings is 1. The molecule has 2 aliphatic rings. The number of nitrogens with one attached hydrogen (secondary N) is 1. The van der Waals surface area contributed by atoms with Crippen LogP contribution in [0.1, 0.15) is 25.6 Å². The van der Waals surface area contributed by atoms with Gasteiger partial charge in [-0.05, 0) is 25.5 Å². The first-order chi connectivity index (χ1) is 13.4. The van der Waals surface area contributed by atoms with Crippen molar-refractivity contribution in [3.63, 3.8) is 0 Å². The molecule has 2 aromatic rings. The summed E-state index contributed by atoms with van der Waals surface area (Å²) in [5, 5.41) is 19.7. The molecule has 0 radical (unpaired) electrons. The minimum absolute atomic E-state index is 0.0609. The van der Waals surface area contributed by atoms with E-state index in [4.69, 9.17) is 4.74 Å². The maximum atomic E-state index is 12.5. The molecule has 0 bridgehead atoms. The number of ether oxygens (including phenoxy) is 1. The number of H-pyrrole nitrogens is 1. The van der Waals surface area contributed by atoms with Crippen LogP contribution < -0.4 is 0 Å². The Bertz CT molecular complexity index is 1010. The standard InChI is InChI=1S/C19H18N4O4S/c1-19-7-6-16(25)23(19)14(10-28-19)18(26)27-9-15(24)11(8-20)17-21-12-4-2-3-5-13(12)22-17/h2-5,14,24H,6-7,9-10H2,1H3,(H,21,22)/b15-11-/t14-,19+/m0/s1. The van der Waals surface area contributed by atoms with E-state index in [0.29, 0.717) is 24.1 Å². The number of fused-ring (bicyclic) bond motifs is 2. The van der Waals surface area contributed by atoms with E-state index in [1.807, 2.05) is 25.1 Å². The minimum Gasteiger partial charge on any atom is -0.507 e. The fraction of sp³-hybridized carbons (Fsp3) is 0.368. The molecule has 9 heteroatoms. The number of nitrogens with zero attached hydrogens (tertiary/aromatic N) is 3. The van der Waals surface area contributed by atoms with Crippen LogP contribution in [0.2, 0.25) is 0 Å². The number of thioether (sulfide) groups is 1. The van der Waals surface area contributed by atoms with Gasteiger partial charge in [0.2, 0.25) is 5.91 Å². The number of aliphatic hydroxyl groups excluding tert-OH is 1. The third-order valence-corrected chi connectivity index (χ3v) is 6.60. The summed E-state index contributed by atoms with van der Waals surface area (Å²) in [6, 6.07) is 8.46. The molecule has 2 aliphatic heterocycles. The summed E-state index contributed by atoms with van der Waals surface area (Å²) in [5.74, 6) is -0.374. The molecule has 2 fully saturated rings. The number of esters is 1. The molecule has 2 N–H and O–H groups in total. The van der Waals surface area contributed by atoms with E-state index in [1.54, 1.807) is 28.8 Å². The highest BCUT2D eigenvalue weighted by Gasteiger charge is 2.53. The topological polar surface area (TPSA) is 119 Å². The number of hydrogen-bond acceptors (Lipinski definition) is 7. The van der Waals surface area contributed by atoms with Gasteiger partial charge in [-0.15, -0.1) is 11.8 Å². The predicted octanol–water partition coefficient (Wildman–Crippen LogP) is 2.35. The lowest BCUT2D eigenvalue weighted by atomic mass is 10.2. The molecule has 2 atom stereocenters. The summed E-state index contributed by atoms with van der Waals surface area (Å²) >= 11 is 1.56. The second-order valence-electron chi connectivity index (χ2n) is 6.91. The van der Waals surface area contributed by atoms with Crippen molar-refractivity contribution in [3.8, 4) is 6.07 Å². The first-order valence-electron chi connectivity index (χ1n) is 8.83. The lowest BCUT2D eigenvalue weighted by molar-refractivity contribution is -0.153. The summed E-state index contributed by atoms with van der Waals surface area (Å²) in [7, 11) is 0. The molecule has 28 heavy (non-hydrogen) atoms. The molecule has 0 spiro atoms. The monoisotopic (exact) mass is 398 g/mol. The van der Waals surface area contributed by atoms with Crippen LogP contribution in [0.25, 0.3) is 16.6 Å². The maximum absolute atomic E-state index is 12.5. The number of rotatable bonds is 4. The van der Waals surface area contributed by atoms with Gasteiger partial charge in [-0.3, -0.25) is 4.79 Å². The van der Waals surface area contributed by atoms with Crippen LogP contribution in [0.5, 0.6) is 0 Å². The van der Waals surface area contributed by atoms with E-state index < -0.39 is 24.4 Å². The van der Waals surface area contributed by atoms with Crippen LogP contribution in [-0.4, -0.2) is 55.1 Å². The van der Waals surface area contributed by atoms with Crippen LogP contribution >= 0.6 is 11.8 Å². The molecule has 8 nitrogen and oxygen atoms in total. The summed E-state index contributed by atoms with van der Waals surface area (Å²) in [5.41, 5.74) is 1.29. The molecule has 0 unspecified atom stereocenters. The van der Waals surface area contributed by atoms with E-state index in [1.165, 1.54) is 0 Å². The molecule has 0 saturated carbocycles. The Morgan fingerprint density at radius 1 is 1.54 bits per heavy atom. The molecule has 3 heterocycles. The van der Waals surface area contributed by atoms with Gasteiger partial charge in [-0.1, -0.05) is 12.1 Å². The fourth-order valence-electron chi connectivity index (χ4n) is 3.63. The van der Waals surface area contributed by atoms with Crippen molar-refractivity contribution >= 4 is 40.2 Å². The summed E-state index contributed by atoms with van der Waals surface area (Å²) in [6.07, 6.45) is 1.12. The largest absolute Gasteiger partial charge is 0.507 e. The molecule has 1 aromatic carbocycles. The third-order valence-electron chi connectivity index (χ3n) is 5.09. The molecular formula is C19H18N4O4S. The van der Waals surface area contributed by atoms with Gasteiger partial charge in [-0.2, -0.15) is 5.26 Å². The number of para-hydroxylation sites is 2. The molecule has 2 saturated heterocycles. The van der Waals surface area contributed by atoms with Gasteiger partial charge < -0.3 is 19.7 Å². The second-order valence-corrected chi connectivity index (χ2v) is 8.41. The van der Waals surface area contributed by atoms with Gasteiger partial charge in [-0.25, -0.2) is 9.78 Å². The lowest BCUT2D eigenvalue weighted by Gasteiger charge is -2.29. The number of carbonyl (C=O) groups excluding carboxylic acids is 2. The Kier molecular flexibility index (Phi) is 4.51. The SMILES string of the molecule is C[C@@]12CCC(=O)N1[C@H](C(=O)OC/C(O)=C(\C#N)c1nc3ccccc3[nH]1)CS2. The van der Waals surface area contributed by atoms with Gasteiger partial charge in [0.05, 0.1) is 15.9 Å².